The summed E-state index contributed by atoms with van der Waals surface area (Å²) in [6.45, 7) is 4.26. The zero-order valence-corrected chi connectivity index (χ0v) is 15.4. The van der Waals surface area contributed by atoms with Gasteiger partial charge in [-0.3, -0.25) is 19.2 Å². The fourth-order valence-electron chi connectivity index (χ4n) is 2.34. The van der Waals surface area contributed by atoms with Crippen molar-refractivity contribution in [2.24, 2.45) is 4.99 Å². The van der Waals surface area contributed by atoms with Crippen LogP contribution < -0.4 is 0 Å². The monoisotopic (exact) mass is 389 g/mol. The molecule has 1 heterocycles. The van der Waals surface area contributed by atoms with E-state index in [1.54, 1.807) is 0 Å². The van der Waals surface area contributed by atoms with Gasteiger partial charge >= 0.3 is 23.9 Å². The van der Waals surface area contributed by atoms with Crippen LogP contribution in [0.2, 0.25) is 0 Å². The van der Waals surface area contributed by atoms with E-state index < -0.39 is 54.5 Å². The second-order valence-electron chi connectivity index (χ2n) is 5.31. The number of esters is 4. The van der Waals surface area contributed by atoms with Crippen LogP contribution in [0.25, 0.3) is 0 Å². The minimum absolute atomic E-state index is 0.336. The summed E-state index contributed by atoms with van der Waals surface area (Å²) in [5.41, 5.74) is 0. The van der Waals surface area contributed by atoms with Gasteiger partial charge in [-0.25, -0.2) is 4.99 Å². The van der Waals surface area contributed by atoms with E-state index in [9.17, 15) is 19.2 Å². The number of rotatable bonds is 6. The summed E-state index contributed by atoms with van der Waals surface area (Å²) in [6, 6.07) is -1.13. The number of isothiocyanates is 1. The third-order valence-electron chi connectivity index (χ3n) is 3.15. The van der Waals surface area contributed by atoms with E-state index in [0.29, 0.717) is 0 Å². The lowest BCUT2D eigenvalue weighted by Gasteiger charge is -2.42. The number of aliphatic imine (C=N–C) groups is 1. The molecule has 11 heteroatoms. The van der Waals surface area contributed by atoms with Crippen LogP contribution in [-0.2, 0) is 42.9 Å². The molecule has 1 unspecified atom stereocenters. The molecule has 0 aromatic heterocycles. The molecular formula is C15H19NO9S. The first-order valence-corrected chi connectivity index (χ1v) is 7.94. The Bertz CT molecular complexity index is 616. The lowest BCUT2D eigenvalue weighted by molar-refractivity contribution is -0.266. The minimum Gasteiger partial charge on any atom is -0.463 e. The molecule has 0 amide bonds. The quantitative estimate of drug-likeness (QED) is 0.268. The number of hydrogen-bond donors (Lipinski definition) is 0. The van der Waals surface area contributed by atoms with Crippen LogP contribution in [0.1, 0.15) is 27.7 Å². The molecule has 0 aromatic rings. The first-order valence-electron chi connectivity index (χ1n) is 7.53. The van der Waals surface area contributed by atoms with E-state index >= 15 is 0 Å². The first kappa shape index (κ1) is 21.7. The number of ether oxygens (including phenoxy) is 5. The standard InChI is InChI=1S/C15H19NO9S/c1-7(17)21-5-11-13(22-8(2)18)14(23-9(3)19)12(16-6-26)15(25-11)24-10(4)20/h11-15H,5H2,1-4H3/t11-,12-,13-,14-,15?/m1/s1. The molecule has 26 heavy (non-hydrogen) atoms. The molecule has 1 aliphatic rings. The molecule has 0 spiro atoms. The van der Waals surface area contributed by atoms with Crippen LogP contribution in [0.4, 0.5) is 0 Å². The summed E-state index contributed by atoms with van der Waals surface area (Å²) in [6.07, 6.45) is -4.78. The average Bonchev–Trinajstić information content (AvgIpc) is 2.49. The van der Waals surface area contributed by atoms with Crippen LogP contribution in [0.15, 0.2) is 4.99 Å². The van der Waals surface area contributed by atoms with Crippen molar-refractivity contribution in [1.82, 2.24) is 0 Å². The smallest absolute Gasteiger partial charge is 0.305 e. The largest absolute Gasteiger partial charge is 0.463 e. The first-order chi connectivity index (χ1) is 12.1. The highest BCUT2D eigenvalue weighted by molar-refractivity contribution is 7.78. The molecule has 0 saturated carbocycles. The van der Waals surface area contributed by atoms with Gasteiger partial charge in [0, 0.05) is 27.7 Å². The van der Waals surface area contributed by atoms with Crippen LogP contribution in [0.5, 0.6) is 0 Å². The predicted molar refractivity (Wildman–Crippen MR) is 87.0 cm³/mol. The average molecular weight is 389 g/mol. The van der Waals surface area contributed by atoms with E-state index in [1.807, 2.05) is 0 Å². The summed E-state index contributed by atoms with van der Waals surface area (Å²) >= 11 is 4.58. The number of carbonyl (C=O) groups is 4. The Kier molecular flexibility index (Phi) is 8.30. The van der Waals surface area contributed by atoms with E-state index in [-0.39, 0.29) is 6.61 Å². The van der Waals surface area contributed by atoms with Crippen molar-refractivity contribution in [3.8, 4) is 0 Å². The lowest BCUT2D eigenvalue weighted by Crippen LogP contribution is -2.61. The van der Waals surface area contributed by atoms with Gasteiger partial charge in [-0.15, -0.1) is 0 Å². The van der Waals surface area contributed by atoms with Crippen LogP contribution >= 0.6 is 12.2 Å². The molecule has 10 nitrogen and oxygen atoms in total. The van der Waals surface area contributed by atoms with Gasteiger partial charge in [-0.2, -0.15) is 0 Å². The second-order valence-corrected chi connectivity index (χ2v) is 5.50. The number of carbonyl (C=O) groups excluding carboxylic acids is 4. The van der Waals surface area contributed by atoms with Gasteiger partial charge in [-0.05, 0) is 12.2 Å². The highest BCUT2D eigenvalue weighted by Gasteiger charge is 2.51. The Hall–Kier alpha value is -2.36. The molecule has 0 aromatic carbocycles. The van der Waals surface area contributed by atoms with Gasteiger partial charge in [-0.1, -0.05) is 0 Å². The third-order valence-corrected chi connectivity index (χ3v) is 3.26. The van der Waals surface area contributed by atoms with Gasteiger partial charge in [0.2, 0.25) is 6.29 Å². The molecule has 1 rings (SSSR count). The Morgan fingerprint density at radius 3 is 1.92 bits per heavy atom. The maximum absolute atomic E-state index is 11.5. The van der Waals surface area contributed by atoms with Crippen LogP contribution in [-0.4, -0.2) is 66.3 Å². The Morgan fingerprint density at radius 2 is 1.46 bits per heavy atom. The van der Waals surface area contributed by atoms with E-state index in [1.165, 1.54) is 6.92 Å². The maximum Gasteiger partial charge on any atom is 0.305 e. The van der Waals surface area contributed by atoms with Crippen molar-refractivity contribution in [2.45, 2.75) is 58.3 Å². The summed E-state index contributed by atoms with van der Waals surface area (Å²) in [4.78, 5) is 49.3. The number of hydrogen-bond acceptors (Lipinski definition) is 11. The van der Waals surface area contributed by atoms with Crippen molar-refractivity contribution in [3.63, 3.8) is 0 Å². The summed E-state index contributed by atoms with van der Waals surface area (Å²) in [5, 5.41) is 2.10. The summed E-state index contributed by atoms with van der Waals surface area (Å²) in [7, 11) is 0. The Labute approximate surface area is 154 Å². The highest BCUT2D eigenvalue weighted by Crippen LogP contribution is 2.29. The Morgan fingerprint density at radius 1 is 0.923 bits per heavy atom. The van der Waals surface area contributed by atoms with Gasteiger partial charge in [0.25, 0.3) is 0 Å². The number of nitrogens with zero attached hydrogens (tertiary/aromatic N) is 1. The SMILES string of the molecule is CC(=O)OC[C@H]1OC(OC(C)=O)[C@H](N=C=S)[C@@H](OC(C)=O)[C@@H]1OC(C)=O. The molecule has 1 aliphatic heterocycles. The molecule has 1 fully saturated rings. The van der Waals surface area contributed by atoms with E-state index in [2.05, 4.69) is 22.4 Å². The zero-order chi connectivity index (χ0) is 19.9. The Balaban J connectivity index is 3.28. The van der Waals surface area contributed by atoms with Gasteiger partial charge in [0.05, 0.1) is 5.16 Å². The molecular weight excluding hydrogens is 370 g/mol. The minimum atomic E-state index is -1.32. The third kappa shape index (κ3) is 6.51. The molecule has 144 valence electrons. The zero-order valence-electron chi connectivity index (χ0n) is 14.6. The highest BCUT2D eigenvalue weighted by atomic mass is 32.1. The maximum atomic E-state index is 11.5. The van der Waals surface area contributed by atoms with Crippen molar-refractivity contribution in [3.05, 3.63) is 0 Å². The number of thiocarbonyl (C=S) groups is 1. The molecule has 0 bridgehead atoms. The normalized spacial score (nSPS) is 27.5. The molecule has 0 radical (unpaired) electrons. The van der Waals surface area contributed by atoms with Gasteiger partial charge in [0.15, 0.2) is 18.2 Å². The van der Waals surface area contributed by atoms with Crippen molar-refractivity contribution >= 4 is 41.3 Å². The summed E-state index contributed by atoms with van der Waals surface area (Å²) < 4.78 is 25.9. The van der Waals surface area contributed by atoms with Crippen LogP contribution in [0.3, 0.4) is 0 Å². The topological polar surface area (TPSA) is 127 Å². The molecule has 5 atom stereocenters. The van der Waals surface area contributed by atoms with Gasteiger partial charge in [0.1, 0.15) is 12.7 Å². The predicted octanol–water partition coefficient (Wildman–Crippen LogP) is 0.172. The lowest BCUT2D eigenvalue weighted by atomic mass is 9.96. The molecule has 0 aliphatic carbocycles. The fraction of sp³-hybridized carbons (Fsp3) is 0.667. The fourth-order valence-corrected chi connectivity index (χ4v) is 2.47. The van der Waals surface area contributed by atoms with Crippen molar-refractivity contribution < 1.29 is 42.9 Å². The van der Waals surface area contributed by atoms with Gasteiger partial charge < -0.3 is 23.7 Å². The second kappa shape index (κ2) is 9.95. The van der Waals surface area contributed by atoms with E-state index in [4.69, 9.17) is 23.7 Å². The summed E-state index contributed by atoms with van der Waals surface area (Å²) in [5.74, 6) is -2.70. The van der Waals surface area contributed by atoms with Crippen molar-refractivity contribution in [1.29, 1.82) is 0 Å². The molecule has 1 saturated heterocycles. The van der Waals surface area contributed by atoms with Crippen molar-refractivity contribution in [2.75, 3.05) is 6.61 Å². The van der Waals surface area contributed by atoms with E-state index in [0.717, 1.165) is 20.8 Å². The molecule has 0 N–H and O–H groups in total. The van der Waals surface area contributed by atoms with Crippen LogP contribution in [0, 0.1) is 0 Å².